The highest BCUT2D eigenvalue weighted by atomic mass is 14.6. The summed E-state index contributed by atoms with van der Waals surface area (Å²) in [6.07, 6.45) is 6.17. The molecule has 1 unspecified atom stereocenters. The van der Waals surface area contributed by atoms with Crippen LogP contribution in [-0.4, -0.2) is 4.98 Å². The summed E-state index contributed by atoms with van der Waals surface area (Å²) in [5, 5.41) is 8.66. The average molecular weight is 172 g/mol. The second kappa shape index (κ2) is 4.42. The van der Waals surface area contributed by atoms with Gasteiger partial charge in [0.05, 0.1) is 5.56 Å². The lowest BCUT2D eigenvalue weighted by Crippen LogP contribution is -1.93. The summed E-state index contributed by atoms with van der Waals surface area (Å²) in [5.74, 6) is 0.387. The molecular formula is C11H12N2. The highest BCUT2D eigenvalue weighted by Crippen LogP contribution is 2.18. The molecule has 1 aromatic rings. The molecule has 2 heteroatoms. The van der Waals surface area contributed by atoms with Crippen LogP contribution in [0.3, 0.4) is 0 Å². The predicted octanol–water partition coefficient (Wildman–Crippen LogP) is 2.63. The number of hydrogen-bond donors (Lipinski definition) is 0. The number of nitrogens with zero attached hydrogens (tertiary/aromatic N) is 2. The van der Waals surface area contributed by atoms with Crippen LogP contribution in [0.5, 0.6) is 0 Å². The molecule has 0 aliphatic heterocycles. The summed E-state index contributed by atoms with van der Waals surface area (Å²) in [4.78, 5) is 4.00. The Morgan fingerprint density at radius 2 is 2.46 bits per heavy atom. The Bertz CT molecular complexity index is 336. The van der Waals surface area contributed by atoms with Gasteiger partial charge in [0.1, 0.15) is 6.07 Å². The number of pyridine rings is 1. The largest absolute Gasteiger partial charge is 0.263 e. The molecule has 0 saturated carbocycles. The molecule has 0 aliphatic rings. The molecular weight excluding hydrogens is 160 g/mol. The predicted molar refractivity (Wildman–Crippen MR) is 52.2 cm³/mol. The molecule has 0 aliphatic carbocycles. The molecule has 0 spiro atoms. The van der Waals surface area contributed by atoms with E-state index in [9.17, 15) is 0 Å². The average Bonchev–Trinajstić information content (AvgIpc) is 2.18. The van der Waals surface area contributed by atoms with Crippen LogP contribution < -0.4 is 0 Å². The maximum absolute atomic E-state index is 8.66. The van der Waals surface area contributed by atoms with Crippen molar-refractivity contribution in [2.45, 2.75) is 19.3 Å². The molecule has 2 nitrogen and oxygen atoms in total. The van der Waals surface area contributed by atoms with Crippen LogP contribution in [0.4, 0.5) is 0 Å². The second-order valence-electron chi connectivity index (χ2n) is 3.04. The summed E-state index contributed by atoms with van der Waals surface area (Å²) < 4.78 is 0. The van der Waals surface area contributed by atoms with Crippen LogP contribution in [0.1, 0.15) is 30.4 Å². The van der Waals surface area contributed by atoms with Gasteiger partial charge in [-0.3, -0.25) is 4.98 Å². The Hall–Kier alpha value is -1.62. The Morgan fingerprint density at radius 1 is 1.69 bits per heavy atom. The molecule has 0 saturated heterocycles. The van der Waals surface area contributed by atoms with Crippen LogP contribution >= 0.6 is 0 Å². The minimum absolute atomic E-state index is 0.387. The van der Waals surface area contributed by atoms with Crippen molar-refractivity contribution in [2.24, 2.45) is 0 Å². The standard InChI is InChI=1S/C11H12N2/c1-3-4-9(2)11-5-10(6-12)7-13-8-11/h3,5,7-9H,1,4H2,2H3. The lowest BCUT2D eigenvalue weighted by Gasteiger charge is -2.07. The fraction of sp³-hybridized carbons (Fsp3) is 0.273. The first-order valence-corrected chi connectivity index (χ1v) is 4.24. The normalized spacial score (nSPS) is 11.7. The molecule has 0 fully saturated rings. The molecule has 1 aromatic heterocycles. The van der Waals surface area contributed by atoms with E-state index in [0.717, 1.165) is 12.0 Å². The fourth-order valence-electron chi connectivity index (χ4n) is 1.17. The van der Waals surface area contributed by atoms with E-state index in [2.05, 4.69) is 24.6 Å². The topological polar surface area (TPSA) is 36.7 Å². The zero-order valence-corrected chi connectivity index (χ0v) is 7.70. The van der Waals surface area contributed by atoms with E-state index in [1.54, 1.807) is 12.4 Å². The Kier molecular flexibility index (Phi) is 3.22. The zero-order valence-electron chi connectivity index (χ0n) is 7.70. The maximum Gasteiger partial charge on any atom is 0.101 e. The second-order valence-corrected chi connectivity index (χ2v) is 3.04. The van der Waals surface area contributed by atoms with Gasteiger partial charge in [-0.1, -0.05) is 13.0 Å². The fourth-order valence-corrected chi connectivity index (χ4v) is 1.17. The summed E-state index contributed by atoms with van der Waals surface area (Å²) in [6.45, 7) is 5.78. The first-order valence-electron chi connectivity index (χ1n) is 4.24. The number of hydrogen-bond acceptors (Lipinski definition) is 2. The van der Waals surface area contributed by atoms with Crippen LogP contribution in [0.25, 0.3) is 0 Å². The number of nitriles is 1. The van der Waals surface area contributed by atoms with Gasteiger partial charge in [0, 0.05) is 12.4 Å². The van der Waals surface area contributed by atoms with Crippen LogP contribution in [0.2, 0.25) is 0 Å². The smallest absolute Gasteiger partial charge is 0.101 e. The van der Waals surface area contributed by atoms with Crippen molar-refractivity contribution in [1.29, 1.82) is 5.26 Å². The van der Waals surface area contributed by atoms with Crippen molar-refractivity contribution >= 4 is 0 Å². The van der Waals surface area contributed by atoms with Crippen molar-refractivity contribution < 1.29 is 0 Å². The van der Waals surface area contributed by atoms with Gasteiger partial charge in [-0.05, 0) is 24.0 Å². The minimum Gasteiger partial charge on any atom is -0.263 e. The van der Waals surface area contributed by atoms with Crippen molar-refractivity contribution in [2.75, 3.05) is 0 Å². The van der Waals surface area contributed by atoms with Gasteiger partial charge in [-0.25, -0.2) is 0 Å². The molecule has 0 bridgehead atoms. The minimum atomic E-state index is 0.387. The molecule has 1 rings (SSSR count). The molecule has 0 radical (unpaired) electrons. The van der Waals surface area contributed by atoms with E-state index in [1.807, 2.05) is 12.1 Å². The van der Waals surface area contributed by atoms with Gasteiger partial charge < -0.3 is 0 Å². The van der Waals surface area contributed by atoms with Crippen LogP contribution in [-0.2, 0) is 0 Å². The van der Waals surface area contributed by atoms with E-state index < -0.39 is 0 Å². The quantitative estimate of drug-likeness (QED) is 0.657. The van der Waals surface area contributed by atoms with E-state index in [-0.39, 0.29) is 0 Å². The summed E-state index contributed by atoms with van der Waals surface area (Å²) in [7, 11) is 0. The molecule has 0 N–H and O–H groups in total. The molecule has 1 atom stereocenters. The number of aromatic nitrogens is 1. The monoisotopic (exact) mass is 172 g/mol. The Balaban J connectivity index is 2.89. The highest BCUT2D eigenvalue weighted by Gasteiger charge is 2.04. The van der Waals surface area contributed by atoms with Gasteiger partial charge >= 0.3 is 0 Å². The highest BCUT2D eigenvalue weighted by molar-refractivity contribution is 5.30. The maximum atomic E-state index is 8.66. The van der Waals surface area contributed by atoms with E-state index in [4.69, 9.17) is 5.26 Å². The molecule has 1 heterocycles. The van der Waals surface area contributed by atoms with Crippen LogP contribution in [0, 0.1) is 11.3 Å². The Morgan fingerprint density at radius 3 is 3.08 bits per heavy atom. The van der Waals surface area contributed by atoms with Gasteiger partial charge in [0.25, 0.3) is 0 Å². The zero-order chi connectivity index (χ0) is 9.68. The van der Waals surface area contributed by atoms with Crippen molar-refractivity contribution in [3.63, 3.8) is 0 Å². The van der Waals surface area contributed by atoms with Gasteiger partial charge in [-0.15, -0.1) is 6.58 Å². The first kappa shape index (κ1) is 9.47. The lowest BCUT2D eigenvalue weighted by molar-refractivity contribution is 0.776. The van der Waals surface area contributed by atoms with E-state index in [1.165, 1.54) is 0 Å². The van der Waals surface area contributed by atoms with Gasteiger partial charge in [0.2, 0.25) is 0 Å². The van der Waals surface area contributed by atoms with Crippen LogP contribution in [0.15, 0.2) is 31.1 Å². The first-order chi connectivity index (χ1) is 6.27. The summed E-state index contributed by atoms with van der Waals surface area (Å²) in [5.41, 5.74) is 1.72. The molecule has 13 heavy (non-hydrogen) atoms. The number of allylic oxidation sites excluding steroid dienone is 1. The molecule has 0 amide bonds. The molecule has 66 valence electrons. The van der Waals surface area contributed by atoms with Crippen molar-refractivity contribution in [3.8, 4) is 6.07 Å². The third kappa shape index (κ3) is 2.41. The number of rotatable bonds is 3. The van der Waals surface area contributed by atoms with Crippen molar-refractivity contribution in [1.82, 2.24) is 4.98 Å². The van der Waals surface area contributed by atoms with E-state index >= 15 is 0 Å². The van der Waals surface area contributed by atoms with Gasteiger partial charge in [0.15, 0.2) is 0 Å². The van der Waals surface area contributed by atoms with E-state index in [0.29, 0.717) is 11.5 Å². The lowest BCUT2D eigenvalue weighted by atomic mass is 9.99. The third-order valence-electron chi connectivity index (χ3n) is 1.98. The summed E-state index contributed by atoms with van der Waals surface area (Å²) >= 11 is 0. The Labute approximate surface area is 78.5 Å². The van der Waals surface area contributed by atoms with Gasteiger partial charge in [-0.2, -0.15) is 5.26 Å². The SMILES string of the molecule is C=CCC(C)c1cncc(C#N)c1. The van der Waals surface area contributed by atoms with Crippen molar-refractivity contribution in [3.05, 3.63) is 42.2 Å². The molecule has 0 aromatic carbocycles. The summed E-state index contributed by atoms with van der Waals surface area (Å²) in [6, 6.07) is 3.95. The third-order valence-corrected chi connectivity index (χ3v) is 1.98.